The van der Waals surface area contributed by atoms with Crippen LogP contribution in [0.1, 0.15) is 32.8 Å². The summed E-state index contributed by atoms with van der Waals surface area (Å²) in [6.45, 7) is 4.18. The van der Waals surface area contributed by atoms with Crippen LogP contribution in [-0.4, -0.2) is 5.91 Å². The van der Waals surface area contributed by atoms with E-state index in [-0.39, 0.29) is 5.91 Å². The lowest BCUT2D eigenvalue weighted by molar-refractivity contribution is 0.0949. The van der Waals surface area contributed by atoms with Gasteiger partial charge in [-0.05, 0) is 29.7 Å². The summed E-state index contributed by atoms with van der Waals surface area (Å²) in [5.41, 5.74) is 4.40. The summed E-state index contributed by atoms with van der Waals surface area (Å²) < 4.78 is 5.13. The molecule has 2 N–H and O–H groups in total. The van der Waals surface area contributed by atoms with Gasteiger partial charge in [-0.2, -0.15) is 0 Å². The van der Waals surface area contributed by atoms with Crippen LogP contribution in [0.2, 0.25) is 0 Å². The minimum atomic E-state index is -0.0927. The second-order valence-electron chi connectivity index (χ2n) is 4.78. The second-order valence-corrected chi connectivity index (χ2v) is 4.78. The number of nitrogens with one attached hydrogen (secondary N) is 2. The number of aryl methyl sites for hydroxylation is 1. The number of hydrogen-bond acceptors (Lipinski definition) is 3. The predicted octanol–water partition coefficient (Wildman–Crippen LogP) is 2.12. The Morgan fingerprint density at radius 1 is 1.32 bits per heavy atom. The minimum absolute atomic E-state index is 0.0927. The molecular formula is C15H16N2O2. The van der Waals surface area contributed by atoms with Crippen molar-refractivity contribution in [3.63, 3.8) is 0 Å². The van der Waals surface area contributed by atoms with Gasteiger partial charge in [0.1, 0.15) is 5.76 Å². The van der Waals surface area contributed by atoms with E-state index in [9.17, 15) is 4.79 Å². The molecule has 0 spiro atoms. The van der Waals surface area contributed by atoms with Crippen molar-refractivity contribution in [3.8, 4) is 0 Å². The maximum Gasteiger partial charge on any atom is 0.255 e. The van der Waals surface area contributed by atoms with E-state index in [0.29, 0.717) is 17.9 Å². The number of fused-ring (bicyclic) bond motifs is 1. The number of carbonyl (C=O) groups is 1. The SMILES string of the molecule is Cc1occc1C(=O)NCc1ccc2c(c1)CNC2. The van der Waals surface area contributed by atoms with E-state index in [1.165, 1.54) is 17.4 Å². The highest BCUT2D eigenvalue weighted by Gasteiger charge is 2.12. The van der Waals surface area contributed by atoms with Crippen LogP contribution in [0.25, 0.3) is 0 Å². The largest absolute Gasteiger partial charge is 0.469 e. The summed E-state index contributed by atoms with van der Waals surface area (Å²) in [7, 11) is 0. The molecule has 0 saturated carbocycles. The van der Waals surface area contributed by atoms with Gasteiger partial charge in [-0.25, -0.2) is 0 Å². The first-order chi connectivity index (χ1) is 9.24. The molecule has 0 saturated heterocycles. The Morgan fingerprint density at radius 3 is 2.95 bits per heavy atom. The smallest absolute Gasteiger partial charge is 0.255 e. The lowest BCUT2D eigenvalue weighted by atomic mass is 10.1. The third kappa shape index (κ3) is 2.39. The summed E-state index contributed by atoms with van der Waals surface area (Å²) in [5.74, 6) is 0.556. The molecule has 0 bridgehead atoms. The molecule has 1 aliphatic heterocycles. The van der Waals surface area contributed by atoms with Crippen LogP contribution >= 0.6 is 0 Å². The van der Waals surface area contributed by atoms with Gasteiger partial charge in [0.2, 0.25) is 0 Å². The lowest BCUT2D eigenvalue weighted by Crippen LogP contribution is -2.23. The van der Waals surface area contributed by atoms with Crippen molar-refractivity contribution in [1.29, 1.82) is 0 Å². The fourth-order valence-electron chi connectivity index (χ4n) is 2.36. The summed E-state index contributed by atoms with van der Waals surface area (Å²) >= 11 is 0. The summed E-state index contributed by atoms with van der Waals surface area (Å²) in [5, 5.41) is 6.22. The highest BCUT2D eigenvalue weighted by atomic mass is 16.3. The standard InChI is InChI=1S/C15H16N2O2/c1-10-14(4-5-19-10)15(18)17-7-11-2-3-12-8-16-9-13(12)6-11/h2-6,16H,7-9H2,1H3,(H,17,18). The van der Waals surface area contributed by atoms with E-state index in [4.69, 9.17) is 4.42 Å². The zero-order valence-electron chi connectivity index (χ0n) is 10.8. The molecule has 2 heterocycles. The normalized spacial score (nSPS) is 13.3. The van der Waals surface area contributed by atoms with Crippen LogP contribution in [-0.2, 0) is 19.6 Å². The van der Waals surface area contributed by atoms with Crippen molar-refractivity contribution in [3.05, 3.63) is 58.5 Å². The van der Waals surface area contributed by atoms with Gasteiger partial charge in [-0.15, -0.1) is 0 Å². The quantitative estimate of drug-likeness (QED) is 0.884. The third-order valence-electron chi connectivity index (χ3n) is 3.46. The summed E-state index contributed by atoms with van der Waals surface area (Å²) in [4.78, 5) is 12.0. The molecule has 98 valence electrons. The molecule has 0 atom stereocenters. The molecule has 1 aliphatic rings. The lowest BCUT2D eigenvalue weighted by Gasteiger charge is -2.06. The molecule has 0 fully saturated rings. The molecule has 4 heteroatoms. The first kappa shape index (κ1) is 12.0. The van der Waals surface area contributed by atoms with Crippen LogP contribution in [0.4, 0.5) is 0 Å². The fraction of sp³-hybridized carbons (Fsp3) is 0.267. The Hall–Kier alpha value is -2.07. The Bertz CT molecular complexity index is 616. The van der Waals surface area contributed by atoms with Gasteiger partial charge < -0.3 is 15.1 Å². The highest BCUT2D eigenvalue weighted by Crippen LogP contribution is 2.17. The average Bonchev–Trinajstić information content (AvgIpc) is 3.03. The number of rotatable bonds is 3. The van der Waals surface area contributed by atoms with Gasteiger partial charge in [0.25, 0.3) is 5.91 Å². The molecule has 2 aromatic rings. The van der Waals surface area contributed by atoms with Gasteiger partial charge in [-0.1, -0.05) is 18.2 Å². The van der Waals surface area contributed by atoms with Crippen LogP contribution in [0.5, 0.6) is 0 Å². The zero-order chi connectivity index (χ0) is 13.2. The number of amides is 1. The van der Waals surface area contributed by atoms with Crippen LogP contribution in [0, 0.1) is 6.92 Å². The van der Waals surface area contributed by atoms with Gasteiger partial charge in [0.05, 0.1) is 11.8 Å². The third-order valence-corrected chi connectivity index (χ3v) is 3.46. The minimum Gasteiger partial charge on any atom is -0.469 e. The molecule has 4 nitrogen and oxygen atoms in total. The predicted molar refractivity (Wildman–Crippen MR) is 71.6 cm³/mol. The molecule has 3 rings (SSSR count). The van der Waals surface area contributed by atoms with Gasteiger partial charge in [0, 0.05) is 19.6 Å². The maximum atomic E-state index is 12.0. The van der Waals surface area contributed by atoms with E-state index in [0.717, 1.165) is 18.7 Å². The molecule has 1 amide bonds. The van der Waals surface area contributed by atoms with Crippen molar-refractivity contribution in [2.75, 3.05) is 0 Å². The van der Waals surface area contributed by atoms with Gasteiger partial charge >= 0.3 is 0 Å². The van der Waals surface area contributed by atoms with Crippen molar-refractivity contribution in [2.24, 2.45) is 0 Å². The van der Waals surface area contributed by atoms with E-state index >= 15 is 0 Å². The van der Waals surface area contributed by atoms with Crippen LogP contribution in [0.15, 0.2) is 34.9 Å². The Kier molecular flexibility index (Phi) is 3.09. The Morgan fingerprint density at radius 2 is 2.16 bits per heavy atom. The topological polar surface area (TPSA) is 54.3 Å². The van der Waals surface area contributed by atoms with E-state index in [1.54, 1.807) is 13.0 Å². The van der Waals surface area contributed by atoms with Crippen molar-refractivity contribution in [2.45, 2.75) is 26.6 Å². The van der Waals surface area contributed by atoms with Gasteiger partial charge in [0.15, 0.2) is 0 Å². The van der Waals surface area contributed by atoms with E-state index in [1.807, 2.05) is 0 Å². The van der Waals surface area contributed by atoms with E-state index in [2.05, 4.69) is 28.8 Å². The molecular weight excluding hydrogens is 240 g/mol. The molecule has 0 unspecified atom stereocenters. The average molecular weight is 256 g/mol. The molecule has 19 heavy (non-hydrogen) atoms. The van der Waals surface area contributed by atoms with Crippen LogP contribution in [0.3, 0.4) is 0 Å². The number of hydrogen-bond donors (Lipinski definition) is 2. The highest BCUT2D eigenvalue weighted by molar-refractivity contribution is 5.94. The van der Waals surface area contributed by atoms with Crippen molar-refractivity contribution in [1.82, 2.24) is 10.6 Å². The summed E-state index contributed by atoms with van der Waals surface area (Å²) in [6.07, 6.45) is 1.53. The first-order valence-electron chi connectivity index (χ1n) is 6.38. The second kappa shape index (κ2) is 4.90. The van der Waals surface area contributed by atoms with Crippen molar-refractivity contribution >= 4 is 5.91 Å². The molecule has 0 aliphatic carbocycles. The number of benzene rings is 1. The van der Waals surface area contributed by atoms with Crippen molar-refractivity contribution < 1.29 is 9.21 Å². The molecule has 1 aromatic heterocycles. The maximum absolute atomic E-state index is 12.0. The number of carbonyl (C=O) groups excluding carboxylic acids is 1. The molecule has 0 radical (unpaired) electrons. The first-order valence-corrected chi connectivity index (χ1v) is 6.38. The Labute approximate surface area is 111 Å². The summed E-state index contributed by atoms with van der Waals surface area (Å²) in [6, 6.07) is 8.03. The van der Waals surface area contributed by atoms with Gasteiger partial charge in [-0.3, -0.25) is 4.79 Å². The van der Waals surface area contributed by atoms with Crippen LogP contribution < -0.4 is 10.6 Å². The number of furan rings is 1. The molecule has 1 aromatic carbocycles. The fourth-order valence-corrected chi connectivity index (χ4v) is 2.36. The Balaban J connectivity index is 1.66. The zero-order valence-corrected chi connectivity index (χ0v) is 10.8. The monoisotopic (exact) mass is 256 g/mol. The van der Waals surface area contributed by atoms with E-state index < -0.39 is 0 Å².